The van der Waals surface area contributed by atoms with Gasteiger partial charge < -0.3 is 4.57 Å². The van der Waals surface area contributed by atoms with Crippen molar-refractivity contribution in [2.75, 3.05) is 4.90 Å². The van der Waals surface area contributed by atoms with Crippen LogP contribution in [0.2, 0.25) is 0 Å². The summed E-state index contributed by atoms with van der Waals surface area (Å²) in [5, 5.41) is 2.34. The van der Waals surface area contributed by atoms with Gasteiger partial charge in [0.1, 0.15) is 5.57 Å². The van der Waals surface area contributed by atoms with Gasteiger partial charge in [0, 0.05) is 18.1 Å². The van der Waals surface area contributed by atoms with Gasteiger partial charge in [-0.15, -0.1) is 0 Å². The molecule has 4 aliphatic carbocycles. The summed E-state index contributed by atoms with van der Waals surface area (Å²) in [6, 6.07) is 18.8. The topological polar surface area (TPSA) is 71.4 Å². The van der Waals surface area contributed by atoms with Gasteiger partial charge in [0.25, 0.3) is 11.8 Å². The first-order valence-electron chi connectivity index (χ1n) is 13.2. The Morgan fingerprint density at radius 2 is 1.43 bits per heavy atom. The first-order valence-corrected chi connectivity index (χ1v) is 13.2. The highest BCUT2D eigenvalue weighted by Crippen LogP contribution is 2.60. The second-order valence-corrected chi connectivity index (χ2v) is 11.4. The van der Waals surface area contributed by atoms with Gasteiger partial charge in [-0.1, -0.05) is 30.3 Å². The largest absolute Gasteiger partial charge is 0.335 e. The highest BCUT2D eigenvalue weighted by atomic mass is 16.2. The van der Waals surface area contributed by atoms with Crippen LogP contribution in [0.15, 0.2) is 78.6 Å². The number of imide groups is 2. The van der Waals surface area contributed by atoms with Crippen LogP contribution in [-0.2, 0) is 15.0 Å². The van der Waals surface area contributed by atoms with Crippen LogP contribution in [0.3, 0.4) is 0 Å². The quantitative estimate of drug-likeness (QED) is 0.381. The first kappa shape index (κ1) is 22.3. The molecule has 6 nitrogen and oxygen atoms in total. The van der Waals surface area contributed by atoms with Crippen LogP contribution < -0.4 is 10.2 Å². The zero-order valence-corrected chi connectivity index (χ0v) is 20.6. The number of para-hydroxylation sites is 1. The highest BCUT2D eigenvalue weighted by molar-refractivity contribution is 6.39. The molecule has 4 saturated carbocycles. The average Bonchev–Trinajstić information content (AvgIpc) is 3.35. The number of nitrogens with zero attached hydrogens (tertiary/aromatic N) is 2. The van der Waals surface area contributed by atoms with Crippen LogP contribution in [0.1, 0.15) is 49.7 Å². The molecular weight excluding hydrogens is 462 g/mol. The Bertz CT molecular complexity index is 1400. The summed E-state index contributed by atoms with van der Waals surface area (Å²) in [5.74, 6) is 1.25. The molecule has 1 aliphatic heterocycles. The van der Waals surface area contributed by atoms with Gasteiger partial charge in [-0.25, -0.2) is 9.69 Å². The van der Waals surface area contributed by atoms with Gasteiger partial charge in [0.15, 0.2) is 0 Å². The summed E-state index contributed by atoms with van der Waals surface area (Å²) in [5.41, 5.74) is 3.67. The molecule has 0 atom stereocenters. The fourth-order valence-corrected chi connectivity index (χ4v) is 7.75. The van der Waals surface area contributed by atoms with E-state index in [-0.39, 0.29) is 11.0 Å². The summed E-state index contributed by atoms with van der Waals surface area (Å²) < 4.78 is 1.92. The summed E-state index contributed by atoms with van der Waals surface area (Å²) in [7, 11) is 0. The molecule has 186 valence electrons. The number of carbonyl (C=O) groups is 3. The van der Waals surface area contributed by atoms with E-state index in [9.17, 15) is 14.4 Å². The number of hydrogen-bond donors (Lipinski definition) is 1. The van der Waals surface area contributed by atoms with Crippen molar-refractivity contribution in [3.05, 3.63) is 89.8 Å². The Morgan fingerprint density at radius 3 is 2.08 bits per heavy atom. The molecule has 2 heterocycles. The molecule has 1 aromatic heterocycles. The average molecular weight is 492 g/mol. The molecule has 37 heavy (non-hydrogen) atoms. The molecule has 0 spiro atoms. The molecule has 4 amide bonds. The number of rotatable bonds is 4. The SMILES string of the molecule is O=C1NC(=O)N(c2ccc(C34CC5CC(CC(C5)C3)C4)cc2)C(=O)/C1=C\c1ccn(-c2ccccc2)c1. The Balaban J connectivity index is 1.16. The monoisotopic (exact) mass is 491 g/mol. The Morgan fingerprint density at radius 1 is 0.784 bits per heavy atom. The van der Waals surface area contributed by atoms with Crippen molar-refractivity contribution in [2.45, 2.75) is 43.9 Å². The lowest BCUT2D eigenvalue weighted by Gasteiger charge is -2.57. The molecule has 5 fully saturated rings. The third-order valence-corrected chi connectivity index (χ3v) is 8.96. The van der Waals surface area contributed by atoms with Crippen LogP contribution in [0.4, 0.5) is 10.5 Å². The lowest BCUT2D eigenvalue weighted by molar-refractivity contribution is -0.122. The number of nitrogens with one attached hydrogen (secondary N) is 1. The summed E-state index contributed by atoms with van der Waals surface area (Å²) >= 11 is 0. The van der Waals surface area contributed by atoms with Crippen molar-refractivity contribution < 1.29 is 14.4 Å². The molecule has 2 aromatic carbocycles. The molecule has 0 unspecified atom stereocenters. The van der Waals surface area contributed by atoms with E-state index in [1.807, 2.05) is 65.5 Å². The number of amides is 4. The molecule has 1 saturated heterocycles. The lowest BCUT2D eigenvalue weighted by Crippen LogP contribution is -2.54. The van der Waals surface area contributed by atoms with E-state index < -0.39 is 17.8 Å². The predicted molar refractivity (Wildman–Crippen MR) is 141 cm³/mol. The maximum absolute atomic E-state index is 13.4. The molecule has 4 bridgehead atoms. The van der Waals surface area contributed by atoms with Crippen molar-refractivity contribution in [1.82, 2.24) is 9.88 Å². The van der Waals surface area contributed by atoms with Gasteiger partial charge in [-0.05, 0) is 109 Å². The van der Waals surface area contributed by atoms with E-state index in [4.69, 9.17) is 0 Å². The summed E-state index contributed by atoms with van der Waals surface area (Å²) in [6.45, 7) is 0. The molecule has 8 rings (SSSR count). The molecule has 0 radical (unpaired) electrons. The zero-order valence-electron chi connectivity index (χ0n) is 20.6. The maximum atomic E-state index is 13.4. The van der Waals surface area contributed by atoms with E-state index >= 15 is 0 Å². The second-order valence-electron chi connectivity index (χ2n) is 11.4. The molecular formula is C31H29N3O3. The van der Waals surface area contributed by atoms with Crippen LogP contribution in [0.5, 0.6) is 0 Å². The fraction of sp³-hybridized carbons (Fsp3) is 0.323. The van der Waals surface area contributed by atoms with Crippen molar-refractivity contribution in [3.8, 4) is 5.69 Å². The number of anilines is 1. The number of urea groups is 1. The zero-order chi connectivity index (χ0) is 25.1. The van der Waals surface area contributed by atoms with Crippen LogP contribution >= 0.6 is 0 Å². The number of aromatic nitrogens is 1. The number of benzene rings is 2. The highest BCUT2D eigenvalue weighted by Gasteiger charge is 2.51. The molecule has 6 heteroatoms. The molecule has 3 aromatic rings. The van der Waals surface area contributed by atoms with Crippen LogP contribution in [-0.4, -0.2) is 22.4 Å². The van der Waals surface area contributed by atoms with Crippen molar-refractivity contribution in [3.63, 3.8) is 0 Å². The van der Waals surface area contributed by atoms with Crippen LogP contribution in [0, 0.1) is 17.8 Å². The van der Waals surface area contributed by atoms with E-state index in [2.05, 4.69) is 17.4 Å². The van der Waals surface area contributed by atoms with Gasteiger partial charge in [-0.3, -0.25) is 14.9 Å². The Hall–Kier alpha value is -3.93. The minimum atomic E-state index is -0.712. The van der Waals surface area contributed by atoms with Crippen molar-refractivity contribution in [2.24, 2.45) is 17.8 Å². The van der Waals surface area contributed by atoms with Crippen molar-refractivity contribution >= 4 is 29.6 Å². The second kappa shape index (κ2) is 8.30. The van der Waals surface area contributed by atoms with E-state index in [1.165, 1.54) is 44.1 Å². The van der Waals surface area contributed by atoms with E-state index in [0.29, 0.717) is 11.3 Å². The number of carbonyl (C=O) groups excluding carboxylic acids is 3. The van der Waals surface area contributed by atoms with Gasteiger partial charge in [-0.2, -0.15) is 0 Å². The summed E-state index contributed by atoms with van der Waals surface area (Å²) in [4.78, 5) is 39.9. The molecule has 1 N–H and O–H groups in total. The van der Waals surface area contributed by atoms with E-state index in [0.717, 1.165) is 28.3 Å². The van der Waals surface area contributed by atoms with Crippen molar-refractivity contribution in [1.29, 1.82) is 0 Å². The van der Waals surface area contributed by atoms with Gasteiger partial charge in [0.05, 0.1) is 5.69 Å². The minimum absolute atomic E-state index is 0.0597. The standard InChI is InChI=1S/C31H29N3O3/c35-28-27(15-20-10-11-33(19-20)25-4-2-1-3-5-25)29(36)34(30(37)32-28)26-8-6-24(7-9-26)31-16-21-12-22(17-31)14-23(13-21)18-31/h1-11,15,19,21-23H,12-14,16-18H2,(H,32,35,37)/b27-15-. The lowest BCUT2D eigenvalue weighted by atomic mass is 9.48. The predicted octanol–water partition coefficient (Wildman–Crippen LogP) is 5.61. The third kappa shape index (κ3) is 3.74. The van der Waals surface area contributed by atoms with Gasteiger partial charge in [0.2, 0.25) is 0 Å². The normalized spacial score (nSPS) is 29.7. The number of barbiturate groups is 1. The Kier molecular flexibility index (Phi) is 5.00. The summed E-state index contributed by atoms with van der Waals surface area (Å²) in [6.07, 6.45) is 13.2. The smallest absolute Gasteiger partial charge is 0.323 e. The maximum Gasteiger partial charge on any atom is 0.335 e. The first-order chi connectivity index (χ1) is 18.0. The van der Waals surface area contributed by atoms with Gasteiger partial charge >= 0.3 is 6.03 Å². The van der Waals surface area contributed by atoms with Crippen LogP contribution in [0.25, 0.3) is 11.8 Å². The molecule has 5 aliphatic rings. The Labute approximate surface area is 216 Å². The minimum Gasteiger partial charge on any atom is -0.323 e. The fourth-order valence-electron chi connectivity index (χ4n) is 7.75. The van der Waals surface area contributed by atoms with E-state index in [1.54, 1.807) is 6.08 Å². The third-order valence-electron chi connectivity index (χ3n) is 8.96. The number of hydrogen-bond acceptors (Lipinski definition) is 3.